The van der Waals surface area contributed by atoms with Gasteiger partial charge in [0, 0.05) is 6.54 Å². The lowest BCUT2D eigenvalue weighted by Crippen LogP contribution is -2.50. The number of hydrogen-bond donors (Lipinski definition) is 3. The van der Waals surface area contributed by atoms with Gasteiger partial charge in [0.2, 0.25) is 0 Å². The van der Waals surface area contributed by atoms with Crippen molar-refractivity contribution in [2.45, 2.75) is 19.0 Å². The minimum atomic E-state index is -0.823. The number of nitrogens with zero attached hydrogens (tertiary/aromatic N) is 1. The second-order valence-electron chi connectivity index (χ2n) is 3.03. The second kappa shape index (κ2) is 4.52. The minimum Gasteiger partial charge on any atom is -0.481 e. The van der Waals surface area contributed by atoms with Crippen LogP contribution in [-0.2, 0) is 9.63 Å². The normalized spacial score (nSPS) is 30.3. The Balaban J connectivity index is 2.52. The summed E-state index contributed by atoms with van der Waals surface area (Å²) in [5, 5.41) is 19.0. The van der Waals surface area contributed by atoms with Gasteiger partial charge in [0.1, 0.15) is 6.17 Å². The molecule has 1 fully saturated rings. The molecule has 1 rings (SSSR count). The van der Waals surface area contributed by atoms with E-state index < -0.39 is 18.1 Å². The third-order valence-electron chi connectivity index (χ3n) is 2.29. The Kier molecular flexibility index (Phi) is 3.61. The van der Waals surface area contributed by atoms with Crippen molar-refractivity contribution in [3.05, 3.63) is 0 Å². The molecule has 1 heterocycles. The largest absolute Gasteiger partial charge is 0.481 e. The summed E-state index contributed by atoms with van der Waals surface area (Å²) in [5.74, 6) is -1.23. The Bertz CT molecular complexity index is 187. The van der Waals surface area contributed by atoms with Crippen LogP contribution >= 0.6 is 0 Å². The monoisotopic (exact) mass is 190 g/mol. The molecule has 3 N–H and O–H groups in total. The van der Waals surface area contributed by atoms with Crippen molar-refractivity contribution < 1.29 is 19.9 Å². The van der Waals surface area contributed by atoms with Gasteiger partial charge >= 0.3 is 5.97 Å². The third-order valence-corrected chi connectivity index (χ3v) is 2.29. The molecule has 76 valence electrons. The fourth-order valence-electron chi connectivity index (χ4n) is 1.50. The Labute approximate surface area is 76.0 Å². The second-order valence-corrected chi connectivity index (χ2v) is 3.03. The molecule has 0 aromatic heterocycles. The molecule has 0 radical (unpaired) electrons. The van der Waals surface area contributed by atoms with Crippen LogP contribution in [0.1, 0.15) is 12.8 Å². The fourth-order valence-corrected chi connectivity index (χ4v) is 1.50. The Morgan fingerprint density at radius 1 is 1.69 bits per heavy atom. The molecule has 1 aliphatic rings. The summed E-state index contributed by atoms with van der Waals surface area (Å²) in [6.07, 6.45) is 0.459. The van der Waals surface area contributed by atoms with Crippen molar-refractivity contribution in [3.8, 4) is 0 Å². The van der Waals surface area contributed by atoms with Gasteiger partial charge in [-0.3, -0.25) is 4.79 Å². The van der Waals surface area contributed by atoms with Crippen LogP contribution in [0.15, 0.2) is 0 Å². The Morgan fingerprint density at radius 2 is 2.38 bits per heavy atom. The van der Waals surface area contributed by atoms with Crippen molar-refractivity contribution in [2.24, 2.45) is 5.92 Å². The zero-order valence-corrected chi connectivity index (χ0v) is 7.43. The summed E-state index contributed by atoms with van der Waals surface area (Å²) in [4.78, 5) is 15.6. The van der Waals surface area contributed by atoms with Crippen molar-refractivity contribution in [1.29, 1.82) is 0 Å². The summed E-state index contributed by atoms with van der Waals surface area (Å²) in [5.41, 5.74) is 2.03. The molecule has 2 atom stereocenters. The van der Waals surface area contributed by atoms with Crippen molar-refractivity contribution in [2.75, 3.05) is 13.7 Å². The van der Waals surface area contributed by atoms with E-state index in [0.717, 1.165) is 0 Å². The van der Waals surface area contributed by atoms with Gasteiger partial charge in [-0.2, -0.15) is 10.5 Å². The highest BCUT2D eigenvalue weighted by atomic mass is 16.7. The predicted molar refractivity (Wildman–Crippen MR) is 42.8 cm³/mol. The molecule has 0 aromatic rings. The maximum atomic E-state index is 10.6. The van der Waals surface area contributed by atoms with Crippen molar-refractivity contribution in [1.82, 2.24) is 10.5 Å². The van der Waals surface area contributed by atoms with Gasteiger partial charge in [-0.05, 0) is 12.8 Å². The van der Waals surface area contributed by atoms with Gasteiger partial charge in [0.15, 0.2) is 0 Å². The van der Waals surface area contributed by atoms with E-state index >= 15 is 0 Å². The summed E-state index contributed by atoms with van der Waals surface area (Å²) in [6.45, 7) is 0.506. The molecule has 0 aliphatic carbocycles. The lowest BCUT2D eigenvalue weighted by atomic mass is 9.96. The quantitative estimate of drug-likeness (QED) is 0.528. The number of carboxylic acids is 1. The van der Waals surface area contributed by atoms with E-state index in [9.17, 15) is 4.79 Å². The first-order valence-electron chi connectivity index (χ1n) is 4.12. The van der Waals surface area contributed by atoms with Gasteiger partial charge in [0.05, 0.1) is 13.0 Å². The predicted octanol–water partition coefficient (Wildman–Crippen LogP) is -0.351. The molecule has 0 bridgehead atoms. The molecular weight excluding hydrogens is 176 g/mol. The highest BCUT2D eigenvalue weighted by Crippen LogP contribution is 2.21. The molecule has 13 heavy (non-hydrogen) atoms. The first-order valence-corrected chi connectivity index (χ1v) is 4.12. The molecular formula is C7H14N2O4. The SMILES string of the molecule is CON1CCC(C(=O)O)CC1NO. The zero-order chi connectivity index (χ0) is 9.84. The molecule has 0 spiro atoms. The van der Waals surface area contributed by atoms with Crippen LogP contribution in [0.4, 0.5) is 0 Å². The number of rotatable bonds is 3. The van der Waals surface area contributed by atoms with E-state index in [1.54, 1.807) is 0 Å². The van der Waals surface area contributed by atoms with E-state index in [1.165, 1.54) is 12.2 Å². The standard InChI is InChI=1S/C7H14N2O4/c1-13-9-3-2-5(7(10)11)4-6(9)8-12/h5-6,8,12H,2-4H2,1H3,(H,10,11). The molecule has 6 nitrogen and oxygen atoms in total. The van der Waals surface area contributed by atoms with Gasteiger partial charge in [-0.15, -0.1) is 0 Å². The molecule has 0 aromatic carbocycles. The van der Waals surface area contributed by atoms with Gasteiger partial charge in [0.25, 0.3) is 0 Å². The molecule has 0 saturated carbocycles. The van der Waals surface area contributed by atoms with E-state index in [-0.39, 0.29) is 0 Å². The summed E-state index contributed by atoms with van der Waals surface area (Å²) >= 11 is 0. The zero-order valence-electron chi connectivity index (χ0n) is 7.43. The Morgan fingerprint density at radius 3 is 2.85 bits per heavy atom. The van der Waals surface area contributed by atoms with Gasteiger partial charge in [-0.25, -0.2) is 0 Å². The number of aliphatic carboxylic acids is 1. The molecule has 1 aliphatic heterocycles. The molecule has 1 saturated heterocycles. The van der Waals surface area contributed by atoms with Crippen molar-refractivity contribution >= 4 is 5.97 Å². The minimum absolute atomic E-state index is 0.347. The average Bonchev–Trinajstić information content (AvgIpc) is 2.16. The number of carboxylic acid groups (broad SMARTS) is 1. The Hall–Kier alpha value is -0.690. The summed E-state index contributed by atoms with van der Waals surface area (Å²) in [6, 6.07) is 0. The van der Waals surface area contributed by atoms with E-state index in [4.69, 9.17) is 15.2 Å². The van der Waals surface area contributed by atoms with Crippen LogP contribution in [-0.4, -0.2) is 41.2 Å². The van der Waals surface area contributed by atoms with Crippen LogP contribution in [0.5, 0.6) is 0 Å². The van der Waals surface area contributed by atoms with E-state index in [2.05, 4.69) is 0 Å². The molecule has 6 heteroatoms. The number of piperidine rings is 1. The summed E-state index contributed by atoms with van der Waals surface area (Å²) in [7, 11) is 1.49. The van der Waals surface area contributed by atoms with Crippen LogP contribution < -0.4 is 5.48 Å². The number of nitrogens with one attached hydrogen (secondary N) is 1. The topological polar surface area (TPSA) is 82.0 Å². The molecule has 2 unspecified atom stereocenters. The van der Waals surface area contributed by atoms with Gasteiger partial charge in [-0.1, -0.05) is 0 Å². The average molecular weight is 190 g/mol. The van der Waals surface area contributed by atoms with Gasteiger partial charge < -0.3 is 15.2 Å². The molecule has 0 amide bonds. The van der Waals surface area contributed by atoms with Crippen LogP contribution in [0, 0.1) is 5.92 Å². The van der Waals surface area contributed by atoms with Crippen LogP contribution in [0.2, 0.25) is 0 Å². The maximum absolute atomic E-state index is 10.6. The van der Waals surface area contributed by atoms with E-state index in [1.807, 2.05) is 5.48 Å². The number of hydroxylamine groups is 3. The van der Waals surface area contributed by atoms with Crippen LogP contribution in [0.3, 0.4) is 0 Å². The lowest BCUT2D eigenvalue weighted by Gasteiger charge is -2.34. The lowest BCUT2D eigenvalue weighted by molar-refractivity contribution is -0.211. The highest BCUT2D eigenvalue weighted by Gasteiger charge is 2.32. The van der Waals surface area contributed by atoms with Crippen LogP contribution in [0.25, 0.3) is 0 Å². The number of carbonyl (C=O) groups is 1. The van der Waals surface area contributed by atoms with E-state index in [0.29, 0.717) is 19.4 Å². The third kappa shape index (κ3) is 2.38. The maximum Gasteiger partial charge on any atom is 0.306 e. The smallest absolute Gasteiger partial charge is 0.306 e. The number of hydrogen-bond acceptors (Lipinski definition) is 5. The first kappa shape index (κ1) is 10.4. The van der Waals surface area contributed by atoms with Crippen molar-refractivity contribution in [3.63, 3.8) is 0 Å². The first-order chi connectivity index (χ1) is 6.19. The fraction of sp³-hybridized carbons (Fsp3) is 0.857. The summed E-state index contributed by atoms with van der Waals surface area (Å²) < 4.78 is 0. The highest BCUT2D eigenvalue weighted by molar-refractivity contribution is 5.70.